The minimum absolute atomic E-state index is 0.0932. The van der Waals surface area contributed by atoms with Gasteiger partial charge in [0.25, 0.3) is 6.02 Å². The molecule has 1 unspecified atom stereocenters. The number of hydrogen-bond acceptors (Lipinski definition) is 8. The molecule has 2 atom stereocenters. The fourth-order valence-corrected chi connectivity index (χ4v) is 6.00. The number of sulfonamides is 1. The van der Waals surface area contributed by atoms with Crippen molar-refractivity contribution in [1.82, 2.24) is 14.7 Å². The Morgan fingerprint density at radius 2 is 1.81 bits per heavy atom. The van der Waals surface area contributed by atoms with E-state index in [4.69, 9.17) is 9.47 Å². The Labute approximate surface area is 209 Å². The molecule has 9 nitrogen and oxygen atoms in total. The first-order chi connectivity index (χ1) is 17.1. The van der Waals surface area contributed by atoms with Crippen LogP contribution in [0, 0.1) is 5.82 Å². The highest BCUT2D eigenvalue weighted by atomic mass is 32.2. The molecule has 2 aromatic carbocycles. The number of amidine groups is 1. The van der Waals surface area contributed by atoms with E-state index in [2.05, 4.69) is 19.7 Å². The quantitative estimate of drug-likeness (QED) is 0.494. The zero-order valence-corrected chi connectivity index (χ0v) is 20.9. The highest BCUT2D eigenvalue weighted by molar-refractivity contribution is 7.90. The summed E-state index contributed by atoms with van der Waals surface area (Å²) in [5.74, 6) is -0.501. The summed E-state index contributed by atoms with van der Waals surface area (Å²) in [7, 11) is -2.49. The van der Waals surface area contributed by atoms with Crippen LogP contribution >= 0.6 is 0 Å². The molecular formula is C25H27FN4O5S. The number of aromatic nitrogens is 2. The Morgan fingerprint density at radius 3 is 2.39 bits per heavy atom. The van der Waals surface area contributed by atoms with Gasteiger partial charge in [-0.15, -0.1) is 0 Å². The zero-order chi connectivity index (χ0) is 25.9. The van der Waals surface area contributed by atoms with Gasteiger partial charge in [-0.2, -0.15) is 0 Å². The molecule has 36 heavy (non-hydrogen) atoms. The smallest absolute Gasteiger partial charge is 0.316 e. The zero-order valence-electron chi connectivity index (χ0n) is 20.1. The molecule has 4 rings (SSSR count). The molecule has 0 radical (unpaired) electrons. The second-order valence-corrected chi connectivity index (χ2v) is 10.6. The predicted octanol–water partition coefficient (Wildman–Crippen LogP) is 3.54. The molecule has 1 saturated heterocycles. The maximum atomic E-state index is 14.4. The molecular weight excluding hydrogens is 487 g/mol. The van der Waals surface area contributed by atoms with Gasteiger partial charge < -0.3 is 14.6 Å². The van der Waals surface area contributed by atoms with E-state index < -0.39 is 32.7 Å². The molecule has 1 aliphatic heterocycles. The number of hydrogen-bond donors (Lipinski definition) is 2. The maximum Gasteiger partial charge on any atom is 0.316 e. The number of ether oxygens (including phenoxy) is 2. The summed E-state index contributed by atoms with van der Waals surface area (Å²) in [6.07, 6.45) is 3.33. The number of rotatable bonds is 7. The average Bonchev–Trinajstić information content (AvgIpc) is 2.83. The lowest BCUT2D eigenvalue weighted by molar-refractivity contribution is 0.0758. The van der Waals surface area contributed by atoms with Crippen LogP contribution < -0.4 is 9.46 Å². The Hall–Kier alpha value is -3.57. The second-order valence-electron chi connectivity index (χ2n) is 8.80. The molecule has 1 aromatic heterocycles. The van der Waals surface area contributed by atoms with E-state index in [0.717, 1.165) is 11.1 Å². The molecule has 0 amide bonds. The Balaban J connectivity index is 1.62. The van der Waals surface area contributed by atoms with Crippen molar-refractivity contribution in [2.45, 2.75) is 37.2 Å². The summed E-state index contributed by atoms with van der Waals surface area (Å²) in [5.41, 5.74) is 1.11. The number of nitrogens with zero attached hydrogens (tertiary/aromatic N) is 3. The van der Waals surface area contributed by atoms with Crippen molar-refractivity contribution in [3.8, 4) is 17.1 Å². The van der Waals surface area contributed by atoms with Gasteiger partial charge in [0.05, 0.1) is 13.2 Å². The van der Waals surface area contributed by atoms with Crippen LogP contribution in [0.3, 0.4) is 0 Å². The maximum absolute atomic E-state index is 14.4. The van der Waals surface area contributed by atoms with Crippen LogP contribution in [0.1, 0.15) is 42.7 Å². The topological polar surface area (TPSA) is 123 Å². The number of methoxy groups -OCH3 is 1. The number of aliphatic hydroxyl groups is 1. The lowest BCUT2D eigenvalue weighted by atomic mass is 9.96. The Morgan fingerprint density at radius 1 is 1.14 bits per heavy atom. The number of nitrogens with one attached hydrogen (secondary N) is 1. The number of benzene rings is 2. The van der Waals surface area contributed by atoms with E-state index in [1.807, 2.05) is 0 Å². The van der Waals surface area contributed by atoms with E-state index in [1.54, 1.807) is 68.7 Å². The van der Waals surface area contributed by atoms with Crippen LogP contribution in [0.2, 0.25) is 0 Å². The first-order valence-electron chi connectivity index (χ1n) is 11.2. The second kappa shape index (κ2) is 10.2. The minimum Gasteiger partial charge on any atom is -0.467 e. The van der Waals surface area contributed by atoms with Crippen molar-refractivity contribution >= 4 is 16.0 Å². The minimum atomic E-state index is -3.98. The third-order valence-corrected chi connectivity index (χ3v) is 7.75. The molecule has 1 aliphatic rings. The van der Waals surface area contributed by atoms with Crippen LogP contribution in [0.15, 0.2) is 65.9 Å². The number of aliphatic hydroxyl groups excluding tert-OH is 1. The summed E-state index contributed by atoms with van der Waals surface area (Å²) in [5, 5.41) is 8.41. The molecule has 0 bridgehead atoms. The van der Waals surface area contributed by atoms with Crippen LogP contribution in [0.4, 0.5) is 4.39 Å². The van der Waals surface area contributed by atoms with E-state index >= 15 is 0 Å². The van der Waals surface area contributed by atoms with Crippen molar-refractivity contribution < 1.29 is 27.4 Å². The van der Waals surface area contributed by atoms with Crippen LogP contribution in [0.25, 0.3) is 11.1 Å². The van der Waals surface area contributed by atoms with Crippen molar-refractivity contribution in [2.75, 3.05) is 13.7 Å². The first-order valence-corrected chi connectivity index (χ1v) is 12.8. The molecule has 11 heteroatoms. The van der Waals surface area contributed by atoms with E-state index in [9.17, 15) is 17.9 Å². The highest BCUT2D eigenvalue weighted by Gasteiger charge is 2.48. The van der Waals surface area contributed by atoms with E-state index in [0.29, 0.717) is 5.56 Å². The number of aliphatic imine (C=N–C) groups is 1. The molecule has 0 aliphatic carbocycles. The van der Waals surface area contributed by atoms with E-state index in [1.165, 1.54) is 13.2 Å². The van der Waals surface area contributed by atoms with Gasteiger partial charge in [-0.05, 0) is 37.5 Å². The SMILES string of the molecule is COc1ncc(-c2ccc(C3C(C)(C)OC(=N[C@@H](CCO)c4ccccc4F)NS3(=O)=O)cc2)cn1. The highest BCUT2D eigenvalue weighted by Crippen LogP contribution is 2.39. The third kappa shape index (κ3) is 5.31. The molecule has 3 aromatic rings. The lowest BCUT2D eigenvalue weighted by Gasteiger charge is -2.39. The van der Waals surface area contributed by atoms with Gasteiger partial charge in [-0.1, -0.05) is 42.5 Å². The fourth-order valence-electron chi connectivity index (χ4n) is 4.23. The van der Waals surface area contributed by atoms with Gasteiger partial charge in [-0.3, -0.25) is 0 Å². The van der Waals surface area contributed by atoms with Gasteiger partial charge >= 0.3 is 6.01 Å². The monoisotopic (exact) mass is 514 g/mol. The largest absolute Gasteiger partial charge is 0.467 e. The summed E-state index contributed by atoms with van der Waals surface area (Å²) in [6, 6.07) is 12.2. The third-order valence-electron chi connectivity index (χ3n) is 5.83. The van der Waals surface area contributed by atoms with Gasteiger partial charge in [-0.25, -0.2) is 32.5 Å². The van der Waals surface area contributed by atoms with Gasteiger partial charge in [0.2, 0.25) is 10.0 Å². The number of halogens is 1. The standard InChI is InChI=1S/C25H27FN4O5S/c1-25(2)22(17-10-8-16(9-11-17)18-14-27-23(34-3)28-15-18)36(32,33)30-24(35-25)29-21(12-13-31)19-6-4-5-7-20(19)26/h4-11,14-15,21-22,31H,12-13H2,1-3H3,(H,29,30)/t21-,22?/m0/s1. The lowest BCUT2D eigenvalue weighted by Crippen LogP contribution is -2.53. The Bertz CT molecular complexity index is 1350. The van der Waals surface area contributed by atoms with Crippen molar-refractivity contribution in [2.24, 2.45) is 4.99 Å². The molecule has 2 N–H and O–H groups in total. The van der Waals surface area contributed by atoms with Crippen molar-refractivity contribution in [3.63, 3.8) is 0 Å². The predicted molar refractivity (Wildman–Crippen MR) is 132 cm³/mol. The van der Waals surface area contributed by atoms with E-state index in [-0.39, 0.29) is 30.6 Å². The summed E-state index contributed by atoms with van der Waals surface area (Å²) in [6.45, 7) is 3.04. The van der Waals surface area contributed by atoms with Gasteiger partial charge in [0, 0.05) is 30.1 Å². The van der Waals surface area contributed by atoms with Gasteiger partial charge in [0.15, 0.2) is 0 Å². The molecule has 1 fully saturated rings. The van der Waals surface area contributed by atoms with Crippen LogP contribution in [-0.2, 0) is 14.8 Å². The molecule has 190 valence electrons. The molecule has 0 spiro atoms. The molecule has 0 saturated carbocycles. The molecule has 2 heterocycles. The summed E-state index contributed by atoms with van der Waals surface area (Å²) < 4.78 is 54.4. The summed E-state index contributed by atoms with van der Waals surface area (Å²) >= 11 is 0. The fraction of sp³-hybridized carbons (Fsp3) is 0.320. The Kier molecular flexibility index (Phi) is 7.23. The average molecular weight is 515 g/mol. The normalized spacial score (nSPS) is 20.2. The first kappa shape index (κ1) is 25.5. The van der Waals surface area contributed by atoms with Crippen LogP contribution in [-0.4, -0.2) is 48.8 Å². The summed E-state index contributed by atoms with van der Waals surface area (Å²) in [4.78, 5) is 12.5. The van der Waals surface area contributed by atoms with Crippen LogP contribution in [0.5, 0.6) is 6.01 Å². The van der Waals surface area contributed by atoms with Crippen molar-refractivity contribution in [3.05, 3.63) is 77.9 Å². The van der Waals surface area contributed by atoms with Crippen molar-refractivity contribution in [1.29, 1.82) is 0 Å². The van der Waals surface area contributed by atoms with Gasteiger partial charge in [0.1, 0.15) is 16.7 Å².